The standard InChI is InChI=1S/C24H28N2O/c1-23-9-4-3-6-18(23)12-17-13-20-16-26(2)11-10-24(20,15-22(17)25-23)19-7-5-8-21(27)14-19/h3-9,12,14,20,25,27H,10-11,13,15-16H2,1-2H3/t20-,23?,24+/m0/s1. The number of benzene rings is 1. The minimum Gasteiger partial charge on any atom is -0.508 e. The van der Waals surface area contributed by atoms with Crippen LogP contribution in [0.25, 0.3) is 0 Å². The van der Waals surface area contributed by atoms with Gasteiger partial charge >= 0.3 is 0 Å². The van der Waals surface area contributed by atoms with E-state index in [4.69, 9.17) is 0 Å². The number of phenols is 1. The van der Waals surface area contributed by atoms with Crippen LogP contribution in [0.1, 0.15) is 31.7 Å². The summed E-state index contributed by atoms with van der Waals surface area (Å²) in [6.07, 6.45) is 14.5. The van der Waals surface area contributed by atoms with E-state index in [1.165, 1.54) is 22.4 Å². The number of hydrogen-bond donors (Lipinski definition) is 2. The van der Waals surface area contributed by atoms with Gasteiger partial charge in [0.15, 0.2) is 0 Å². The monoisotopic (exact) mass is 360 g/mol. The number of rotatable bonds is 1. The van der Waals surface area contributed by atoms with Crippen molar-refractivity contribution in [3.8, 4) is 5.75 Å². The second kappa shape index (κ2) is 5.87. The first-order valence-electron chi connectivity index (χ1n) is 10.0. The molecule has 3 heteroatoms. The zero-order chi connectivity index (χ0) is 18.6. The van der Waals surface area contributed by atoms with E-state index in [2.05, 4.69) is 60.6 Å². The van der Waals surface area contributed by atoms with E-state index in [0.717, 1.165) is 32.4 Å². The number of hydrogen-bond acceptors (Lipinski definition) is 3. The van der Waals surface area contributed by atoms with Gasteiger partial charge in [0.2, 0.25) is 0 Å². The molecular weight excluding hydrogens is 332 g/mol. The second-order valence-electron chi connectivity index (χ2n) is 8.95. The SMILES string of the molecule is CN1CC[C@]2(c3cccc(O)c3)CC3=C(C=C4C=CC=CC4(C)N3)C[C@H]2C1. The Morgan fingerprint density at radius 2 is 2.15 bits per heavy atom. The maximum atomic E-state index is 10.1. The summed E-state index contributed by atoms with van der Waals surface area (Å²) in [4.78, 5) is 2.47. The van der Waals surface area contributed by atoms with Crippen LogP contribution in [0.5, 0.6) is 5.75 Å². The average Bonchev–Trinajstić information content (AvgIpc) is 2.64. The number of piperidine rings is 1. The van der Waals surface area contributed by atoms with Crippen molar-refractivity contribution >= 4 is 0 Å². The molecule has 0 bridgehead atoms. The number of aromatic hydroxyl groups is 1. The average molecular weight is 361 g/mol. The van der Waals surface area contributed by atoms with Gasteiger partial charge in [0.05, 0.1) is 5.54 Å². The topological polar surface area (TPSA) is 35.5 Å². The fourth-order valence-corrected chi connectivity index (χ4v) is 5.60. The molecule has 27 heavy (non-hydrogen) atoms. The summed E-state index contributed by atoms with van der Waals surface area (Å²) in [6, 6.07) is 8.00. The Hall–Kier alpha value is -2.26. The van der Waals surface area contributed by atoms with Crippen LogP contribution in [-0.2, 0) is 5.41 Å². The van der Waals surface area contributed by atoms with Crippen LogP contribution < -0.4 is 5.32 Å². The zero-order valence-electron chi connectivity index (χ0n) is 16.2. The first kappa shape index (κ1) is 16.9. The molecule has 1 unspecified atom stereocenters. The van der Waals surface area contributed by atoms with E-state index < -0.39 is 0 Å². The molecule has 1 fully saturated rings. The summed E-state index contributed by atoms with van der Waals surface area (Å²) in [5, 5.41) is 14.0. The van der Waals surface area contributed by atoms with Gasteiger partial charge in [-0.15, -0.1) is 0 Å². The van der Waals surface area contributed by atoms with E-state index in [-0.39, 0.29) is 11.0 Å². The Balaban J connectivity index is 1.60. The van der Waals surface area contributed by atoms with Gasteiger partial charge in [-0.3, -0.25) is 0 Å². The Bertz CT molecular complexity index is 909. The number of dihydropyridines is 1. The van der Waals surface area contributed by atoms with Crippen molar-refractivity contribution in [3.05, 3.63) is 77.1 Å². The number of likely N-dealkylation sites (tertiary alicyclic amines) is 1. The largest absolute Gasteiger partial charge is 0.508 e. The highest BCUT2D eigenvalue weighted by Crippen LogP contribution is 2.52. The highest BCUT2D eigenvalue weighted by Gasteiger charge is 2.48. The van der Waals surface area contributed by atoms with Crippen molar-refractivity contribution in [1.82, 2.24) is 10.2 Å². The third-order valence-electron chi connectivity index (χ3n) is 7.18. The Morgan fingerprint density at radius 1 is 1.26 bits per heavy atom. The van der Waals surface area contributed by atoms with E-state index in [1.807, 2.05) is 12.1 Å². The highest BCUT2D eigenvalue weighted by molar-refractivity contribution is 5.53. The summed E-state index contributed by atoms with van der Waals surface area (Å²) in [6.45, 7) is 4.49. The molecule has 3 nitrogen and oxygen atoms in total. The van der Waals surface area contributed by atoms with Crippen LogP contribution in [0.15, 0.2) is 71.5 Å². The molecule has 0 radical (unpaired) electrons. The normalized spacial score (nSPS) is 35.0. The van der Waals surface area contributed by atoms with Crippen molar-refractivity contribution in [1.29, 1.82) is 0 Å². The van der Waals surface area contributed by atoms with Gasteiger partial charge in [-0.25, -0.2) is 0 Å². The lowest BCUT2D eigenvalue weighted by molar-refractivity contribution is 0.0973. The summed E-state index contributed by atoms with van der Waals surface area (Å²) >= 11 is 0. The highest BCUT2D eigenvalue weighted by atomic mass is 16.3. The second-order valence-corrected chi connectivity index (χ2v) is 8.95. The fourth-order valence-electron chi connectivity index (χ4n) is 5.60. The Labute approximate surface area is 161 Å². The zero-order valence-corrected chi connectivity index (χ0v) is 16.2. The fraction of sp³-hybridized carbons (Fsp3) is 0.417. The molecule has 2 aliphatic heterocycles. The lowest BCUT2D eigenvalue weighted by Crippen LogP contribution is -2.54. The van der Waals surface area contributed by atoms with Crippen molar-refractivity contribution in [2.24, 2.45) is 5.92 Å². The van der Waals surface area contributed by atoms with Crippen molar-refractivity contribution < 1.29 is 5.11 Å². The number of fused-ring (bicyclic) bond motifs is 2. The Morgan fingerprint density at radius 3 is 3.00 bits per heavy atom. The van der Waals surface area contributed by atoms with Crippen LogP contribution >= 0.6 is 0 Å². The quantitative estimate of drug-likeness (QED) is 0.793. The van der Waals surface area contributed by atoms with E-state index >= 15 is 0 Å². The number of nitrogens with one attached hydrogen (secondary N) is 1. The van der Waals surface area contributed by atoms with Crippen LogP contribution in [0.4, 0.5) is 0 Å². The summed E-state index contributed by atoms with van der Waals surface area (Å²) < 4.78 is 0. The van der Waals surface area contributed by atoms with Crippen molar-refractivity contribution in [3.63, 3.8) is 0 Å². The molecule has 0 spiro atoms. The van der Waals surface area contributed by atoms with Crippen LogP contribution in [0.3, 0.4) is 0 Å². The molecule has 1 aromatic carbocycles. The number of phenolic OH excluding ortho intramolecular Hbond substituents is 1. The molecule has 0 amide bonds. The molecule has 0 aromatic heterocycles. The van der Waals surface area contributed by atoms with Gasteiger partial charge in [-0.2, -0.15) is 0 Å². The lowest BCUT2D eigenvalue weighted by atomic mass is 9.58. The molecule has 2 N–H and O–H groups in total. The van der Waals surface area contributed by atoms with Gasteiger partial charge < -0.3 is 15.3 Å². The minimum absolute atomic E-state index is 0.104. The van der Waals surface area contributed by atoms with Gasteiger partial charge in [-0.1, -0.05) is 42.5 Å². The van der Waals surface area contributed by atoms with E-state index in [0.29, 0.717) is 11.7 Å². The molecule has 0 saturated carbocycles. The molecule has 1 aromatic rings. The third kappa shape index (κ3) is 2.60. The smallest absolute Gasteiger partial charge is 0.115 e. The van der Waals surface area contributed by atoms with Gasteiger partial charge in [0.1, 0.15) is 5.75 Å². The lowest BCUT2D eigenvalue weighted by Gasteiger charge is -2.53. The first-order chi connectivity index (χ1) is 13.0. The molecule has 4 aliphatic rings. The summed E-state index contributed by atoms with van der Waals surface area (Å²) in [5.41, 5.74) is 5.52. The van der Waals surface area contributed by atoms with E-state index in [1.54, 1.807) is 6.07 Å². The summed E-state index contributed by atoms with van der Waals surface area (Å²) in [5.74, 6) is 0.952. The van der Waals surface area contributed by atoms with Crippen LogP contribution in [-0.4, -0.2) is 35.7 Å². The van der Waals surface area contributed by atoms with Gasteiger partial charge in [0.25, 0.3) is 0 Å². The van der Waals surface area contributed by atoms with Crippen molar-refractivity contribution in [2.45, 2.75) is 37.1 Å². The first-order valence-corrected chi connectivity index (χ1v) is 10.0. The predicted octanol–water partition coefficient (Wildman–Crippen LogP) is 4.04. The molecule has 2 aliphatic carbocycles. The molecule has 1 saturated heterocycles. The number of allylic oxidation sites excluding steroid dienone is 5. The summed E-state index contributed by atoms with van der Waals surface area (Å²) in [7, 11) is 2.24. The predicted molar refractivity (Wildman–Crippen MR) is 110 cm³/mol. The minimum atomic E-state index is -0.105. The molecule has 140 valence electrons. The van der Waals surface area contributed by atoms with Crippen molar-refractivity contribution in [2.75, 3.05) is 20.1 Å². The molecule has 2 heterocycles. The van der Waals surface area contributed by atoms with Gasteiger partial charge in [0, 0.05) is 17.7 Å². The van der Waals surface area contributed by atoms with E-state index in [9.17, 15) is 5.11 Å². The number of nitrogens with zero attached hydrogens (tertiary/aromatic N) is 1. The van der Waals surface area contributed by atoms with Gasteiger partial charge in [-0.05, 0) is 74.5 Å². The third-order valence-corrected chi connectivity index (χ3v) is 7.18. The maximum Gasteiger partial charge on any atom is 0.115 e. The molecular formula is C24H28N2O. The molecule has 3 atom stereocenters. The van der Waals surface area contributed by atoms with Crippen LogP contribution in [0, 0.1) is 5.92 Å². The maximum absolute atomic E-state index is 10.1. The van der Waals surface area contributed by atoms with Crippen LogP contribution in [0.2, 0.25) is 0 Å². The Kier molecular flexibility index (Phi) is 3.67. The molecule has 5 rings (SSSR count).